The molecule has 0 saturated carbocycles. The van der Waals surface area contributed by atoms with E-state index in [0.717, 1.165) is 33.5 Å². The van der Waals surface area contributed by atoms with Crippen molar-refractivity contribution >= 4 is 23.2 Å². The summed E-state index contributed by atoms with van der Waals surface area (Å²) in [6.45, 7) is 0. The summed E-state index contributed by atoms with van der Waals surface area (Å²) in [5, 5.41) is 8.38. The average molecular weight is 364 g/mol. The largest absolute Gasteiger partial charge is 0.417 e. The Kier molecular flexibility index (Phi) is 4.03. The van der Waals surface area contributed by atoms with Crippen LogP contribution in [0.1, 0.15) is 11.5 Å². The van der Waals surface area contributed by atoms with E-state index in [1.54, 1.807) is 0 Å². The zero-order chi connectivity index (χ0) is 18.8. The van der Waals surface area contributed by atoms with E-state index >= 15 is 0 Å². The average Bonchev–Trinajstić information content (AvgIpc) is 3.40. The van der Waals surface area contributed by atoms with E-state index in [1.807, 2.05) is 91.0 Å². The van der Waals surface area contributed by atoms with Crippen molar-refractivity contribution in [3.8, 4) is 22.8 Å². The number of para-hydroxylation sites is 2. The fraction of sp³-hybridized carbons (Fsp3) is 0. The summed E-state index contributed by atoms with van der Waals surface area (Å²) in [6.07, 6.45) is 3.76. The molecule has 1 N–H and O–H groups in total. The molecule has 5 nitrogen and oxygen atoms in total. The number of nitrogens with one attached hydrogen (secondary N) is 1. The van der Waals surface area contributed by atoms with Gasteiger partial charge < -0.3 is 9.40 Å². The Morgan fingerprint density at radius 3 is 2.32 bits per heavy atom. The van der Waals surface area contributed by atoms with Crippen LogP contribution in [-0.2, 0) is 0 Å². The highest BCUT2D eigenvalue weighted by Gasteiger charge is 2.15. The van der Waals surface area contributed by atoms with Gasteiger partial charge in [0, 0.05) is 17.2 Å². The van der Waals surface area contributed by atoms with Crippen LogP contribution in [-0.4, -0.2) is 20.2 Å². The number of fused-ring (bicyclic) bond motifs is 1. The molecule has 0 amide bonds. The van der Waals surface area contributed by atoms with Crippen molar-refractivity contribution in [2.45, 2.75) is 0 Å². The number of hydrogen-bond acceptors (Lipinski definition) is 4. The third-order valence-electron chi connectivity index (χ3n) is 4.46. The van der Waals surface area contributed by atoms with E-state index in [2.05, 4.69) is 15.2 Å². The van der Waals surface area contributed by atoms with E-state index in [1.165, 1.54) is 0 Å². The number of nitrogens with zero attached hydrogens (tertiary/aromatic N) is 3. The fourth-order valence-corrected chi connectivity index (χ4v) is 3.10. The Bertz CT molecular complexity index is 1240. The Balaban J connectivity index is 1.51. The molecule has 5 aromatic rings. The van der Waals surface area contributed by atoms with Crippen LogP contribution in [0, 0.1) is 0 Å². The number of benzene rings is 3. The van der Waals surface area contributed by atoms with E-state index in [4.69, 9.17) is 9.40 Å². The molecule has 0 aliphatic carbocycles. The van der Waals surface area contributed by atoms with Crippen LogP contribution in [0.4, 0.5) is 0 Å². The molecule has 0 radical (unpaired) electrons. The van der Waals surface area contributed by atoms with Crippen LogP contribution in [0.5, 0.6) is 0 Å². The highest BCUT2D eigenvalue weighted by Crippen LogP contribution is 2.31. The molecule has 0 bridgehead atoms. The molecular weight excluding hydrogens is 348 g/mol. The first-order valence-corrected chi connectivity index (χ1v) is 8.98. The minimum atomic E-state index is 0.457. The first-order chi connectivity index (χ1) is 13.9. The number of H-pyrrole nitrogens is 1. The SMILES string of the molecule is C(=C\c1nnc(-c2ccccc2-c2nc3ccccc3[nH]2)o1)/c1ccccc1. The maximum atomic E-state index is 5.88. The van der Waals surface area contributed by atoms with Gasteiger partial charge in [0.2, 0.25) is 11.8 Å². The summed E-state index contributed by atoms with van der Waals surface area (Å²) in [4.78, 5) is 8.05. The molecule has 0 fully saturated rings. The van der Waals surface area contributed by atoms with Gasteiger partial charge in [0.25, 0.3) is 0 Å². The van der Waals surface area contributed by atoms with E-state index in [-0.39, 0.29) is 0 Å². The molecule has 0 spiro atoms. The van der Waals surface area contributed by atoms with Gasteiger partial charge in [-0.25, -0.2) is 4.98 Å². The highest BCUT2D eigenvalue weighted by atomic mass is 16.4. The van der Waals surface area contributed by atoms with Crippen LogP contribution in [0.2, 0.25) is 0 Å². The van der Waals surface area contributed by atoms with Crippen LogP contribution >= 0.6 is 0 Å². The van der Waals surface area contributed by atoms with Crippen molar-refractivity contribution in [2.75, 3.05) is 0 Å². The lowest BCUT2D eigenvalue weighted by Crippen LogP contribution is -1.87. The maximum Gasteiger partial charge on any atom is 0.248 e. The van der Waals surface area contributed by atoms with E-state index in [9.17, 15) is 0 Å². The predicted octanol–water partition coefficient (Wildman–Crippen LogP) is 5.45. The lowest BCUT2D eigenvalue weighted by molar-refractivity contribution is 0.558. The first-order valence-electron chi connectivity index (χ1n) is 8.98. The molecule has 0 atom stereocenters. The van der Waals surface area contributed by atoms with Crippen molar-refractivity contribution in [1.82, 2.24) is 20.2 Å². The summed E-state index contributed by atoms with van der Waals surface area (Å²) in [6, 6.07) is 25.8. The Morgan fingerprint density at radius 1 is 0.714 bits per heavy atom. The molecule has 0 saturated heterocycles. The summed E-state index contributed by atoms with van der Waals surface area (Å²) in [5.74, 6) is 1.69. The Morgan fingerprint density at radius 2 is 1.46 bits per heavy atom. The summed E-state index contributed by atoms with van der Waals surface area (Å²) < 4.78 is 5.88. The molecule has 0 aliphatic heterocycles. The molecule has 134 valence electrons. The van der Waals surface area contributed by atoms with Gasteiger partial charge in [-0.1, -0.05) is 60.7 Å². The van der Waals surface area contributed by atoms with Gasteiger partial charge in [-0.05, 0) is 29.8 Å². The molecular formula is C23H16N4O. The predicted molar refractivity (Wildman–Crippen MR) is 110 cm³/mol. The quantitative estimate of drug-likeness (QED) is 0.460. The number of aromatic amines is 1. The number of imidazole rings is 1. The lowest BCUT2D eigenvalue weighted by atomic mass is 10.1. The molecule has 0 aliphatic rings. The van der Waals surface area contributed by atoms with Gasteiger partial charge in [0.15, 0.2) is 0 Å². The zero-order valence-corrected chi connectivity index (χ0v) is 14.9. The van der Waals surface area contributed by atoms with Crippen LogP contribution < -0.4 is 0 Å². The van der Waals surface area contributed by atoms with Crippen LogP contribution in [0.15, 0.2) is 83.3 Å². The van der Waals surface area contributed by atoms with Crippen LogP contribution in [0.25, 0.3) is 46.0 Å². The van der Waals surface area contributed by atoms with Crippen molar-refractivity contribution in [1.29, 1.82) is 0 Å². The smallest absolute Gasteiger partial charge is 0.248 e. The normalized spacial score (nSPS) is 11.4. The van der Waals surface area contributed by atoms with Gasteiger partial charge in [0.1, 0.15) is 5.82 Å². The van der Waals surface area contributed by atoms with Crippen molar-refractivity contribution in [3.63, 3.8) is 0 Å². The second-order valence-corrected chi connectivity index (χ2v) is 6.34. The maximum absolute atomic E-state index is 5.88. The molecule has 2 aromatic heterocycles. The van der Waals surface area contributed by atoms with Crippen molar-refractivity contribution < 1.29 is 4.42 Å². The third-order valence-corrected chi connectivity index (χ3v) is 4.46. The van der Waals surface area contributed by atoms with Crippen molar-refractivity contribution in [3.05, 3.63) is 90.3 Å². The molecule has 28 heavy (non-hydrogen) atoms. The third kappa shape index (κ3) is 3.10. The highest BCUT2D eigenvalue weighted by molar-refractivity contribution is 5.83. The van der Waals surface area contributed by atoms with E-state index in [0.29, 0.717) is 11.8 Å². The summed E-state index contributed by atoms with van der Waals surface area (Å²) in [7, 11) is 0. The molecule has 5 heteroatoms. The second kappa shape index (κ2) is 6.96. The minimum Gasteiger partial charge on any atom is -0.417 e. The first kappa shape index (κ1) is 16.2. The second-order valence-electron chi connectivity index (χ2n) is 6.34. The van der Waals surface area contributed by atoms with Gasteiger partial charge in [-0.2, -0.15) is 0 Å². The Labute approximate surface area is 161 Å². The summed E-state index contributed by atoms with van der Waals surface area (Å²) >= 11 is 0. The Hall–Kier alpha value is -3.99. The molecule has 0 unspecified atom stereocenters. The lowest BCUT2D eigenvalue weighted by Gasteiger charge is -2.02. The zero-order valence-electron chi connectivity index (χ0n) is 14.9. The minimum absolute atomic E-state index is 0.457. The van der Waals surface area contributed by atoms with Gasteiger partial charge in [-0.3, -0.25) is 0 Å². The molecule has 5 rings (SSSR count). The molecule has 2 heterocycles. The van der Waals surface area contributed by atoms with Gasteiger partial charge >= 0.3 is 0 Å². The van der Waals surface area contributed by atoms with Gasteiger partial charge in [0.05, 0.1) is 11.0 Å². The van der Waals surface area contributed by atoms with E-state index < -0.39 is 0 Å². The van der Waals surface area contributed by atoms with Gasteiger partial charge in [-0.15, -0.1) is 10.2 Å². The van der Waals surface area contributed by atoms with Crippen LogP contribution in [0.3, 0.4) is 0 Å². The topological polar surface area (TPSA) is 67.6 Å². The number of hydrogen-bond donors (Lipinski definition) is 1. The number of aromatic nitrogens is 4. The fourth-order valence-electron chi connectivity index (χ4n) is 3.10. The number of rotatable bonds is 4. The summed E-state index contributed by atoms with van der Waals surface area (Å²) in [5.41, 5.74) is 4.74. The standard InChI is InChI=1S/C23H16N4O/c1-2-8-16(9-3-1)14-15-21-26-27-23(28-21)18-11-5-4-10-17(18)22-24-19-12-6-7-13-20(19)25-22/h1-15H,(H,24,25)/b15-14+. The van der Waals surface area contributed by atoms with Crippen molar-refractivity contribution in [2.24, 2.45) is 0 Å². The molecule has 3 aromatic carbocycles. The monoisotopic (exact) mass is 364 g/mol.